The maximum atomic E-state index is 8.74. The van der Waals surface area contributed by atoms with Crippen LogP contribution in [0, 0.1) is 11.3 Å². The summed E-state index contributed by atoms with van der Waals surface area (Å²) in [6.45, 7) is 1.88. The van der Waals surface area contributed by atoms with E-state index in [0.29, 0.717) is 5.69 Å². The summed E-state index contributed by atoms with van der Waals surface area (Å²) in [5, 5.41) is 8.74. The standard InChI is InChI=1S/C15H14N4/c16-9-14-10-18-15(11-17-14)19-7-5-12-3-1-2-4-13(12)6-8-19/h1-4,10-11H,5-8H2. The van der Waals surface area contributed by atoms with E-state index in [4.69, 9.17) is 5.26 Å². The van der Waals surface area contributed by atoms with Crippen LogP contribution in [0.25, 0.3) is 0 Å². The molecule has 1 aliphatic heterocycles. The Morgan fingerprint density at radius 3 is 2.21 bits per heavy atom. The summed E-state index contributed by atoms with van der Waals surface area (Å²) in [5.41, 5.74) is 3.21. The first-order valence-electron chi connectivity index (χ1n) is 6.41. The number of benzene rings is 1. The quantitative estimate of drug-likeness (QED) is 0.776. The average molecular weight is 250 g/mol. The van der Waals surface area contributed by atoms with Gasteiger partial charge in [0.15, 0.2) is 5.69 Å². The highest BCUT2D eigenvalue weighted by Crippen LogP contribution is 2.18. The van der Waals surface area contributed by atoms with Gasteiger partial charge in [0.05, 0.1) is 12.4 Å². The molecule has 1 aromatic carbocycles. The predicted molar refractivity (Wildman–Crippen MR) is 72.8 cm³/mol. The molecule has 0 unspecified atom stereocenters. The van der Waals surface area contributed by atoms with Crippen molar-refractivity contribution in [2.24, 2.45) is 0 Å². The van der Waals surface area contributed by atoms with Crippen LogP contribution in [0.15, 0.2) is 36.7 Å². The molecule has 2 heterocycles. The van der Waals surface area contributed by atoms with E-state index in [2.05, 4.69) is 39.1 Å². The van der Waals surface area contributed by atoms with Crippen molar-refractivity contribution in [2.45, 2.75) is 12.8 Å². The zero-order valence-electron chi connectivity index (χ0n) is 10.6. The molecule has 1 aromatic heterocycles. The second-order valence-electron chi connectivity index (χ2n) is 4.63. The molecule has 0 radical (unpaired) electrons. The molecule has 0 saturated heterocycles. The number of aromatic nitrogens is 2. The van der Waals surface area contributed by atoms with E-state index in [-0.39, 0.29) is 0 Å². The number of rotatable bonds is 1. The smallest absolute Gasteiger partial charge is 0.158 e. The molecule has 0 atom stereocenters. The number of hydrogen-bond donors (Lipinski definition) is 0. The van der Waals surface area contributed by atoms with Crippen LogP contribution in [0.3, 0.4) is 0 Å². The fraction of sp³-hybridized carbons (Fsp3) is 0.267. The molecule has 0 amide bonds. The molecule has 94 valence electrons. The highest BCUT2D eigenvalue weighted by molar-refractivity contribution is 5.40. The molecule has 4 heteroatoms. The van der Waals surface area contributed by atoms with Crippen LogP contribution in [-0.2, 0) is 12.8 Å². The Morgan fingerprint density at radius 2 is 1.68 bits per heavy atom. The van der Waals surface area contributed by atoms with Gasteiger partial charge in [-0.2, -0.15) is 5.26 Å². The lowest BCUT2D eigenvalue weighted by Crippen LogP contribution is -2.27. The van der Waals surface area contributed by atoms with Crippen molar-refractivity contribution in [2.75, 3.05) is 18.0 Å². The minimum Gasteiger partial charge on any atom is -0.355 e. The van der Waals surface area contributed by atoms with Gasteiger partial charge in [-0.25, -0.2) is 9.97 Å². The van der Waals surface area contributed by atoms with Gasteiger partial charge in [-0.1, -0.05) is 24.3 Å². The van der Waals surface area contributed by atoms with Gasteiger partial charge in [0.1, 0.15) is 11.9 Å². The van der Waals surface area contributed by atoms with Gasteiger partial charge in [-0.05, 0) is 24.0 Å². The molecule has 0 N–H and O–H groups in total. The maximum Gasteiger partial charge on any atom is 0.158 e. The normalized spacial score (nSPS) is 14.4. The van der Waals surface area contributed by atoms with Crippen molar-refractivity contribution in [3.8, 4) is 6.07 Å². The summed E-state index contributed by atoms with van der Waals surface area (Å²) < 4.78 is 0. The molecule has 0 aliphatic carbocycles. The SMILES string of the molecule is N#Cc1cnc(N2CCc3ccccc3CC2)cn1. The Labute approximate surface area is 112 Å². The largest absolute Gasteiger partial charge is 0.355 e. The molecule has 19 heavy (non-hydrogen) atoms. The monoisotopic (exact) mass is 250 g/mol. The van der Waals surface area contributed by atoms with Gasteiger partial charge in [-0.3, -0.25) is 0 Å². The molecular formula is C15H14N4. The summed E-state index contributed by atoms with van der Waals surface area (Å²) in [6, 6.07) is 10.6. The minimum atomic E-state index is 0.363. The summed E-state index contributed by atoms with van der Waals surface area (Å²) in [5.74, 6) is 0.854. The Kier molecular flexibility index (Phi) is 3.11. The summed E-state index contributed by atoms with van der Waals surface area (Å²) >= 11 is 0. The molecule has 4 nitrogen and oxygen atoms in total. The number of nitriles is 1. The van der Waals surface area contributed by atoms with Gasteiger partial charge in [0, 0.05) is 13.1 Å². The van der Waals surface area contributed by atoms with Crippen LogP contribution in [0.1, 0.15) is 16.8 Å². The van der Waals surface area contributed by atoms with Crippen LogP contribution in [-0.4, -0.2) is 23.1 Å². The lowest BCUT2D eigenvalue weighted by molar-refractivity contribution is 0.786. The summed E-state index contributed by atoms with van der Waals surface area (Å²) in [6.07, 6.45) is 5.28. The third kappa shape index (κ3) is 2.41. The molecule has 0 saturated carbocycles. The summed E-state index contributed by atoms with van der Waals surface area (Å²) in [7, 11) is 0. The number of anilines is 1. The molecule has 0 fully saturated rings. The van der Waals surface area contributed by atoms with Crippen LogP contribution in [0.5, 0.6) is 0 Å². The van der Waals surface area contributed by atoms with Crippen LogP contribution >= 0.6 is 0 Å². The number of hydrogen-bond acceptors (Lipinski definition) is 4. The van der Waals surface area contributed by atoms with E-state index >= 15 is 0 Å². The first kappa shape index (κ1) is 11.7. The zero-order valence-corrected chi connectivity index (χ0v) is 10.6. The highest BCUT2D eigenvalue weighted by Gasteiger charge is 2.14. The van der Waals surface area contributed by atoms with E-state index < -0.39 is 0 Å². The molecule has 3 rings (SSSR count). The third-order valence-corrected chi connectivity index (χ3v) is 3.50. The van der Waals surface area contributed by atoms with Crippen LogP contribution in [0.2, 0.25) is 0 Å². The fourth-order valence-corrected chi connectivity index (χ4v) is 2.44. The van der Waals surface area contributed by atoms with Crippen molar-refractivity contribution in [1.82, 2.24) is 9.97 Å². The second-order valence-corrected chi connectivity index (χ2v) is 4.63. The van der Waals surface area contributed by atoms with Gasteiger partial charge in [0.2, 0.25) is 0 Å². The lowest BCUT2D eigenvalue weighted by Gasteiger charge is -2.20. The van der Waals surface area contributed by atoms with Gasteiger partial charge >= 0.3 is 0 Å². The van der Waals surface area contributed by atoms with Crippen molar-refractivity contribution in [3.05, 3.63) is 53.5 Å². The second kappa shape index (κ2) is 5.07. The first-order valence-corrected chi connectivity index (χ1v) is 6.41. The predicted octanol–water partition coefficient (Wildman–Crippen LogP) is 1.95. The van der Waals surface area contributed by atoms with Gasteiger partial charge in [-0.15, -0.1) is 0 Å². The van der Waals surface area contributed by atoms with Crippen molar-refractivity contribution >= 4 is 5.82 Å². The Hall–Kier alpha value is -2.41. The average Bonchev–Trinajstić information content (AvgIpc) is 2.70. The fourth-order valence-electron chi connectivity index (χ4n) is 2.44. The van der Waals surface area contributed by atoms with E-state index in [0.717, 1.165) is 31.7 Å². The summed E-state index contributed by atoms with van der Waals surface area (Å²) in [4.78, 5) is 10.6. The van der Waals surface area contributed by atoms with Crippen molar-refractivity contribution < 1.29 is 0 Å². The van der Waals surface area contributed by atoms with Crippen molar-refractivity contribution in [1.29, 1.82) is 5.26 Å². The molecule has 0 bridgehead atoms. The number of fused-ring (bicyclic) bond motifs is 1. The zero-order chi connectivity index (χ0) is 13.1. The molecule has 0 spiro atoms. The molecule has 2 aromatic rings. The molecule has 1 aliphatic rings. The third-order valence-electron chi connectivity index (χ3n) is 3.50. The highest BCUT2D eigenvalue weighted by atomic mass is 15.2. The van der Waals surface area contributed by atoms with E-state index in [1.54, 1.807) is 6.20 Å². The molecular weight excluding hydrogens is 236 g/mol. The Bertz CT molecular complexity index is 586. The van der Waals surface area contributed by atoms with Gasteiger partial charge in [0.25, 0.3) is 0 Å². The maximum absolute atomic E-state index is 8.74. The van der Waals surface area contributed by atoms with Crippen molar-refractivity contribution in [3.63, 3.8) is 0 Å². The first-order chi connectivity index (χ1) is 9.36. The Morgan fingerprint density at radius 1 is 1.00 bits per heavy atom. The van der Waals surface area contributed by atoms with E-state index in [9.17, 15) is 0 Å². The number of nitrogens with zero attached hydrogens (tertiary/aromatic N) is 4. The Balaban J connectivity index is 1.79. The van der Waals surface area contributed by atoms with Crippen LogP contribution < -0.4 is 4.90 Å². The van der Waals surface area contributed by atoms with E-state index in [1.807, 2.05) is 6.07 Å². The van der Waals surface area contributed by atoms with Crippen LogP contribution in [0.4, 0.5) is 5.82 Å². The lowest BCUT2D eigenvalue weighted by atomic mass is 10.0. The van der Waals surface area contributed by atoms with Gasteiger partial charge < -0.3 is 4.90 Å². The minimum absolute atomic E-state index is 0.363. The topological polar surface area (TPSA) is 52.8 Å². The van der Waals surface area contributed by atoms with E-state index in [1.165, 1.54) is 17.3 Å².